The van der Waals surface area contributed by atoms with Crippen LogP contribution < -0.4 is 4.74 Å². The molecule has 0 amide bonds. The van der Waals surface area contributed by atoms with Crippen LogP contribution in [0.1, 0.15) is 39.4 Å². The Morgan fingerprint density at radius 2 is 1.84 bits per heavy atom. The highest BCUT2D eigenvalue weighted by atomic mass is 16.7. The number of ether oxygens (including phenoxy) is 3. The van der Waals surface area contributed by atoms with E-state index in [1.807, 2.05) is 45.0 Å². The highest BCUT2D eigenvalue weighted by Crippen LogP contribution is 2.50. The third-order valence-electron chi connectivity index (χ3n) is 3.03. The molecule has 0 saturated carbocycles. The highest BCUT2D eigenvalue weighted by Gasteiger charge is 2.61. The van der Waals surface area contributed by atoms with E-state index in [2.05, 4.69) is 0 Å². The molecule has 1 aromatic carbocycles. The summed E-state index contributed by atoms with van der Waals surface area (Å²) in [5, 5.41) is 0. The summed E-state index contributed by atoms with van der Waals surface area (Å²) in [6.07, 6.45) is -0.242. The number of benzene rings is 1. The van der Waals surface area contributed by atoms with Crippen molar-refractivity contribution in [2.45, 2.75) is 45.0 Å². The van der Waals surface area contributed by atoms with Gasteiger partial charge in [-0.05, 0) is 45.4 Å². The van der Waals surface area contributed by atoms with Crippen LogP contribution in [0.5, 0.6) is 5.75 Å². The van der Waals surface area contributed by atoms with Gasteiger partial charge in [-0.2, -0.15) is 0 Å². The molecule has 2 unspecified atom stereocenters. The van der Waals surface area contributed by atoms with Gasteiger partial charge in [0.25, 0.3) is 0 Å². The first-order chi connectivity index (χ1) is 8.76. The van der Waals surface area contributed by atoms with Crippen LogP contribution in [0.25, 0.3) is 0 Å². The van der Waals surface area contributed by atoms with Crippen LogP contribution >= 0.6 is 0 Å². The maximum Gasteiger partial charge on any atom is 0.341 e. The van der Waals surface area contributed by atoms with Gasteiger partial charge in [0.2, 0.25) is 0 Å². The molecular formula is C15H20O4. The molecule has 0 radical (unpaired) electrons. The fourth-order valence-electron chi connectivity index (χ4n) is 1.91. The zero-order valence-electron chi connectivity index (χ0n) is 12.0. The second kappa shape index (κ2) is 4.53. The topological polar surface area (TPSA) is 48.1 Å². The molecule has 4 heteroatoms. The number of carbonyl (C=O) groups is 1. The Hall–Kier alpha value is -1.55. The van der Waals surface area contributed by atoms with Crippen molar-refractivity contribution in [2.24, 2.45) is 0 Å². The summed E-state index contributed by atoms with van der Waals surface area (Å²) < 4.78 is 16.0. The lowest BCUT2D eigenvalue weighted by atomic mass is 10.0. The molecule has 1 saturated heterocycles. The Balaban J connectivity index is 2.07. The largest absolute Gasteiger partial charge is 0.497 e. The second-order valence-corrected chi connectivity index (χ2v) is 5.88. The molecule has 2 atom stereocenters. The lowest BCUT2D eigenvalue weighted by Crippen LogP contribution is -2.32. The number of methoxy groups -OCH3 is 1. The number of carbonyl (C=O) groups excluding carboxylic acids is 1. The first kappa shape index (κ1) is 13.9. The van der Waals surface area contributed by atoms with E-state index < -0.39 is 11.2 Å². The third kappa shape index (κ3) is 2.89. The quantitative estimate of drug-likeness (QED) is 0.622. The van der Waals surface area contributed by atoms with Crippen LogP contribution in [0, 0.1) is 0 Å². The van der Waals surface area contributed by atoms with Crippen LogP contribution in [0.3, 0.4) is 0 Å². The Morgan fingerprint density at radius 3 is 2.32 bits per heavy atom. The van der Waals surface area contributed by atoms with E-state index in [-0.39, 0.29) is 12.1 Å². The van der Waals surface area contributed by atoms with Crippen LogP contribution in [0.2, 0.25) is 0 Å². The summed E-state index contributed by atoms with van der Waals surface area (Å²) in [5.41, 5.74) is -0.424. The predicted octanol–water partition coefficient (Wildman–Crippen LogP) is 2.87. The molecule has 0 N–H and O–H groups in total. The van der Waals surface area contributed by atoms with Gasteiger partial charge in [0, 0.05) is 0 Å². The van der Waals surface area contributed by atoms with Gasteiger partial charge in [0.15, 0.2) is 5.60 Å². The highest BCUT2D eigenvalue weighted by molar-refractivity contribution is 5.83. The van der Waals surface area contributed by atoms with E-state index in [0.29, 0.717) is 0 Å². The fraction of sp³-hybridized carbons (Fsp3) is 0.533. The first-order valence-corrected chi connectivity index (χ1v) is 6.31. The molecule has 1 heterocycles. The zero-order chi connectivity index (χ0) is 14.3. The van der Waals surface area contributed by atoms with Gasteiger partial charge in [0.05, 0.1) is 7.11 Å². The van der Waals surface area contributed by atoms with E-state index >= 15 is 0 Å². The van der Waals surface area contributed by atoms with Crippen LogP contribution in [-0.2, 0) is 14.3 Å². The van der Waals surface area contributed by atoms with E-state index in [4.69, 9.17) is 14.2 Å². The van der Waals surface area contributed by atoms with Crippen molar-refractivity contribution in [3.8, 4) is 5.75 Å². The molecular weight excluding hydrogens is 244 g/mol. The van der Waals surface area contributed by atoms with Crippen molar-refractivity contribution in [1.82, 2.24) is 0 Å². The monoisotopic (exact) mass is 264 g/mol. The molecule has 0 spiro atoms. The van der Waals surface area contributed by atoms with E-state index in [1.165, 1.54) is 0 Å². The number of hydrogen-bond acceptors (Lipinski definition) is 4. The van der Waals surface area contributed by atoms with Crippen LogP contribution in [0.15, 0.2) is 24.3 Å². The molecule has 1 aliphatic rings. The predicted molar refractivity (Wildman–Crippen MR) is 71.1 cm³/mol. The van der Waals surface area contributed by atoms with E-state index in [9.17, 15) is 4.79 Å². The van der Waals surface area contributed by atoms with Gasteiger partial charge in [-0.15, -0.1) is 0 Å². The lowest BCUT2D eigenvalue weighted by molar-refractivity contribution is -0.160. The minimum atomic E-state index is -0.873. The minimum absolute atomic E-state index is 0.242. The Morgan fingerprint density at radius 1 is 1.26 bits per heavy atom. The van der Waals surface area contributed by atoms with Crippen molar-refractivity contribution in [2.75, 3.05) is 7.11 Å². The average Bonchev–Trinajstić information content (AvgIpc) is 3.01. The first-order valence-electron chi connectivity index (χ1n) is 6.31. The summed E-state index contributed by atoms with van der Waals surface area (Å²) in [5.74, 6) is 0.462. The number of hydrogen-bond donors (Lipinski definition) is 0. The maximum atomic E-state index is 12.1. The number of rotatable bonds is 3. The van der Waals surface area contributed by atoms with E-state index in [1.54, 1.807) is 14.0 Å². The zero-order valence-corrected chi connectivity index (χ0v) is 12.0. The van der Waals surface area contributed by atoms with Crippen molar-refractivity contribution in [1.29, 1.82) is 0 Å². The van der Waals surface area contributed by atoms with E-state index in [0.717, 1.165) is 11.3 Å². The number of epoxide rings is 1. The van der Waals surface area contributed by atoms with Gasteiger partial charge < -0.3 is 14.2 Å². The van der Waals surface area contributed by atoms with Gasteiger partial charge in [-0.25, -0.2) is 4.79 Å². The Labute approximate surface area is 113 Å². The molecule has 104 valence electrons. The van der Waals surface area contributed by atoms with Gasteiger partial charge in [0.1, 0.15) is 17.5 Å². The molecule has 0 bridgehead atoms. The fourth-order valence-corrected chi connectivity index (χ4v) is 1.91. The van der Waals surface area contributed by atoms with Crippen molar-refractivity contribution in [3.63, 3.8) is 0 Å². The summed E-state index contributed by atoms with van der Waals surface area (Å²) in [6.45, 7) is 7.30. The average molecular weight is 264 g/mol. The SMILES string of the molecule is COc1ccc(C2OC2(C)C(=O)OC(C)(C)C)cc1. The van der Waals surface area contributed by atoms with Crippen molar-refractivity contribution in [3.05, 3.63) is 29.8 Å². The summed E-state index contributed by atoms with van der Waals surface area (Å²) in [4.78, 5) is 12.1. The lowest BCUT2D eigenvalue weighted by Gasteiger charge is -2.21. The Kier molecular flexibility index (Phi) is 3.31. The maximum absolute atomic E-state index is 12.1. The molecule has 1 aliphatic heterocycles. The van der Waals surface area contributed by atoms with Gasteiger partial charge in [-0.1, -0.05) is 12.1 Å². The van der Waals surface area contributed by atoms with Gasteiger partial charge in [-0.3, -0.25) is 0 Å². The molecule has 0 aromatic heterocycles. The van der Waals surface area contributed by atoms with Crippen molar-refractivity contribution >= 4 is 5.97 Å². The van der Waals surface area contributed by atoms with Crippen LogP contribution in [0.4, 0.5) is 0 Å². The molecule has 0 aliphatic carbocycles. The Bertz CT molecular complexity index is 472. The van der Waals surface area contributed by atoms with Gasteiger partial charge >= 0.3 is 5.97 Å². The molecule has 1 fully saturated rings. The minimum Gasteiger partial charge on any atom is -0.497 e. The second-order valence-electron chi connectivity index (χ2n) is 5.88. The smallest absolute Gasteiger partial charge is 0.341 e. The summed E-state index contributed by atoms with van der Waals surface area (Å²) >= 11 is 0. The molecule has 2 rings (SSSR count). The third-order valence-corrected chi connectivity index (χ3v) is 3.03. The van der Waals surface area contributed by atoms with Crippen LogP contribution in [-0.4, -0.2) is 24.3 Å². The summed E-state index contributed by atoms with van der Waals surface area (Å²) in [6, 6.07) is 7.51. The summed E-state index contributed by atoms with van der Waals surface area (Å²) in [7, 11) is 1.62. The number of esters is 1. The molecule has 4 nitrogen and oxygen atoms in total. The van der Waals surface area contributed by atoms with Crippen molar-refractivity contribution < 1.29 is 19.0 Å². The normalized spacial score (nSPS) is 25.8. The standard InChI is InChI=1S/C15H20O4/c1-14(2,3)19-13(16)15(4)12(18-15)10-6-8-11(17-5)9-7-10/h6-9,12H,1-5H3. The molecule has 19 heavy (non-hydrogen) atoms. The molecule has 1 aromatic rings.